The molecule has 0 saturated carbocycles. The summed E-state index contributed by atoms with van der Waals surface area (Å²) in [5.41, 5.74) is 1.08. The number of benzene rings is 1. The molecule has 0 aromatic heterocycles. The molecule has 1 amide bonds. The van der Waals surface area contributed by atoms with Gasteiger partial charge < -0.3 is 14.4 Å². The van der Waals surface area contributed by atoms with Crippen LogP contribution in [-0.2, 0) is 16.1 Å². The number of fused-ring (bicyclic) bond motifs is 1. The van der Waals surface area contributed by atoms with Crippen LogP contribution in [0, 0.1) is 5.92 Å². The van der Waals surface area contributed by atoms with E-state index in [0.29, 0.717) is 19.7 Å². The van der Waals surface area contributed by atoms with Crippen LogP contribution in [0.15, 0.2) is 24.3 Å². The smallest absolute Gasteiger partial charge is 0.240 e. The van der Waals surface area contributed by atoms with Crippen molar-refractivity contribution in [3.8, 4) is 5.75 Å². The Bertz CT molecular complexity index is 594. The molecule has 0 aliphatic carbocycles. The molecule has 2 aliphatic heterocycles. The van der Waals surface area contributed by atoms with Gasteiger partial charge in [-0.2, -0.15) is 0 Å². The van der Waals surface area contributed by atoms with Crippen molar-refractivity contribution in [3.63, 3.8) is 0 Å². The summed E-state index contributed by atoms with van der Waals surface area (Å²) in [6.07, 6.45) is 0.317. The average Bonchev–Trinajstić information content (AvgIpc) is 2.76. The van der Waals surface area contributed by atoms with E-state index in [2.05, 4.69) is 32.6 Å². The summed E-state index contributed by atoms with van der Waals surface area (Å²) >= 11 is 0. The molecule has 5 heteroatoms. The highest BCUT2D eigenvalue weighted by Crippen LogP contribution is 2.25. The number of hydrogen-bond donors (Lipinski definition) is 0. The lowest BCUT2D eigenvalue weighted by Crippen LogP contribution is -2.57. The monoisotopic (exact) mass is 346 g/mol. The third-order valence-corrected chi connectivity index (χ3v) is 4.99. The van der Waals surface area contributed by atoms with Crippen molar-refractivity contribution in [1.82, 2.24) is 9.80 Å². The minimum absolute atomic E-state index is 0.112. The minimum atomic E-state index is -0.112. The van der Waals surface area contributed by atoms with Crippen LogP contribution in [0.2, 0.25) is 0 Å². The normalized spacial score (nSPS) is 25.9. The van der Waals surface area contributed by atoms with E-state index in [1.54, 1.807) is 0 Å². The van der Waals surface area contributed by atoms with Crippen molar-refractivity contribution in [2.75, 3.05) is 26.2 Å². The number of morpholine rings is 1. The lowest BCUT2D eigenvalue weighted by Gasteiger charge is -2.42. The zero-order chi connectivity index (χ0) is 18.0. The summed E-state index contributed by atoms with van der Waals surface area (Å²) in [5, 5.41) is 0. The summed E-state index contributed by atoms with van der Waals surface area (Å²) < 4.78 is 11.7. The third kappa shape index (κ3) is 4.15. The van der Waals surface area contributed by atoms with Crippen LogP contribution in [0.25, 0.3) is 0 Å². The van der Waals surface area contributed by atoms with Gasteiger partial charge in [0.15, 0.2) is 0 Å². The van der Waals surface area contributed by atoms with Gasteiger partial charge in [-0.3, -0.25) is 9.69 Å². The SMILES string of the molecule is CC(C)[C@@H](C(=O)N1CCOc2ccccc2C1)N1C[C@@H](C)O[C@H](C)C1. The Morgan fingerprint density at radius 3 is 2.52 bits per heavy atom. The van der Waals surface area contributed by atoms with Crippen molar-refractivity contribution in [3.05, 3.63) is 29.8 Å². The van der Waals surface area contributed by atoms with Crippen LogP contribution in [0.5, 0.6) is 5.75 Å². The van der Waals surface area contributed by atoms with Gasteiger partial charge in [-0.1, -0.05) is 32.0 Å². The molecular formula is C20H30N2O3. The van der Waals surface area contributed by atoms with Crippen molar-refractivity contribution >= 4 is 5.91 Å². The molecule has 3 rings (SSSR count). The van der Waals surface area contributed by atoms with Gasteiger partial charge in [0.05, 0.1) is 24.8 Å². The first kappa shape index (κ1) is 18.2. The van der Waals surface area contributed by atoms with E-state index >= 15 is 0 Å². The number of hydrogen-bond acceptors (Lipinski definition) is 4. The van der Waals surface area contributed by atoms with Gasteiger partial charge >= 0.3 is 0 Å². The van der Waals surface area contributed by atoms with Crippen LogP contribution < -0.4 is 4.74 Å². The van der Waals surface area contributed by atoms with E-state index in [0.717, 1.165) is 24.4 Å². The molecule has 0 N–H and O–H groups in total. The van der Waals surface area contributed by atoms with Crippen molar-refractivity contribution in [2.45, 2.75) is 52.5 Å². The predicted molar refractivity (Wildman–Crippen MR) is 97.6 cm³/mol. The molecule has 25 heavy (non-hydrogen) atoms. The van der Waals surface area contributed by atoms with E-state index < -0.39 is 0 Å². The number of carbonyl (C=O) groups is 1. The van der Waals surface area contributed by atoms with Crippen LogP contribution in [0.3, 0.4) is 0 Å². The zero-order valence-electron chi connectivity index (χ0n) is 15.8. The molecule has 0 unspecified atom stereocenters. The van der Waals surface area contributed by atoms with Crippen molar-refractivity contribution in [1.29, 1.82) is 0 Å². The molecule has 2 aliphatic rings. The second kappa shape index (κ2) is 7.75. The van der Waals surface area contributed by atoms with Gasteiger partial charge in [0.1, 0.15) is 12.4 Å². The van der Waals surface area contributed by atoms with Gasteiger partial charge in [-0.05, 0) is 25.8 Å². The predicted octanol–water partition coefficient (Wildman–Crippen LogP) is 2.54. The Hall–Kier alpha value is -1.59. The lowest BCUT2D eigenvalue weighted by atomic mass is 9.98. The fraction of sp³-hybridized carbons (Fsp3) is 0.650. The Morgan fingerprint density at radius 1 is 1.16 bits per heavy atom. The highest BCUT2D eigenvalue weighted by molar-refractivity contribution is 5.82. The van der Waals surface area contributed by atoms with Gasteiger partial charge in [-0.15, -0.1) is 0 Å². The Morgan fingerprint density at radius 2 is 1.84 bits per heavy atom. The molecule has 1 saturated heterocycles. The van der Waals surface area contributed by atoms with Gasteiger partial charge in [-0.25, -0.2) is 0 Å². The molecule has 1 fully saturated rings. The lowest BCUT2D eigenvalue weighted by molar-refractivity contribution is -0.146. The molecule has 5 nitrogen and oxygen atoms in total. The quantitative estimate of drug-likeness (QED) is 0.843. The standard InChI is InChI=1S/C20H30N2O3/c1-14(2)19(22-11-15(3)25-16(4)12-22)20(23)21-9-10-24-18-8-6-5-7-17(18)13-21/h5-8,14-16,19H,9-13H2,1-4H3/t15-,16-,19+/m1/s1. The molecule has 0 bridgehead atoms. The second-order valence-electron chi connectivity index (χ2n) is 7.62. The fourth-order valence-electron chi connectivity index (χ4n) is 4.01. The molecule has 1 aromatic carbocycles. The summed E-state index contributed by atoms with van der Waals surface area (Å²) in [6, 6.07) is 7.89. The number of carbonyl (C=O) groups excluding carboxylic acids is 1. The zero-order valence-corrected chi connectivity index (χ0v) is 15.8. The maximum atomic E-state index is 13.4. The van der Waals surface area contributed by atoms with E-state index in [4.69, 9.17) is 9.47 Å². The van der Waals surface area contributed by atoms with Crippen LogP contribution in [0.4, 0.5) is 0 Å². The first-order chi connectivity index (χ1) is 12.0. The van der Waals surface area contributed by atoms with Gasteiger partial charge in [0, 0.05) is 25.2 Å². The maximum absolute atomic E-state index is 13.4. The average molecular weight is 346 g/mol. The summed E-state index contributed by atoms with van der Waals surface area (Å²) in [4.78, 5) is 17.7. The van der Waals surface area contributed by atoms with Gasteiger partial charge in [0.25, 0.3) is 0 Å². The van der Waals surface area contributed by atoms with Crippen molar-refractivity contribution < 1.29 is 14.3 Å². The van der Waals surface area contributed by atoms with E-state index in [1.165, 1.54) is 0 Å². The van der Waals surface area contributed by atoms with Crippen LogP contribution in [0.1, 0.15) is 33.3 Å². The minimum Gasteiger partial charge on any atom is -0.491 e. The maximum Gasteiger partial charge on any atom is 0.240 e. The number of nitrogens with zero attached hydrogens (tertiary/aromatic N) is 2. The number of ether oxygens (including phenoxy) is 2. The number of para-hydroxylation sites is 1. The molecule has 0 spiro atoms. The largest absolute Gasteiger partial charge is 0.491 e. The Labute approximate surface area is 150 Å². The van der Waals surface area contributed by atoms with E-state index in [1.807, 2.05) is 29.2 Å². The number of rotatable bonds is 3. The van der Waals surface area contributed by atoms with Crippen LogP contribution in [-0.4, -0.2) is 60.2 Å². The summed E-state index contributed by atoms with van der Waals surface area (Å²) in [7, 11) is 0. The molecule has 2 heterocycles. The Kier molecular flexibility index (Phi) is 5.64. The molecule has 3 atom stereocenters. The van der Waals surface area contributed by atoms with Crippen molar-refractivity contribution in [2.24, 2.45) is 5.92 Å². The molecular weight excluding hydrogens is 316 g/mol. The first-order valence-electron chi connectivity index (χ1n) is 9.34. The fourth-order valence-corrected chi connectivity index (χ4v) is 4.01. The molecule has 1 aromatic rings. The summed E-state index contributed by atoms with van der Waals surface area (Å²) in [6.45, 7) is 11.8. The number of amides is 1. The third-order valence-electron chi connectivity index (χ3n) is 4.99. The summed E-state index contributed by atoms with van der Waals surface area (Å²) in [5.74, 6) is 1.36. The van der Waals surface area contributed by atoms with E-state index in [9.17, 15) is 4.79 Å². The van der Waals surface area contributed by atoms with Crippen LogP contribution >= 0.6 is 0 Å². The first-order valence-corrected chi connectivity index (χ1v) is 9.34. The second-order valence-corrected chi connectivity index (χ2v) is 7.62. The van der Waals surface area contributed by atoms with E-state index in [-0.39, 0.29) is 30.1 Å². The highest BCUT2D eigenvalue weighted by Gasteiger charge is 2.36. The highest BCUT2D eigenvalue weighted by atomic mass is 16.5. The Balaban J connectivity index is 1.79. The molecule has 0 radical (unpaired) electrons. The van der Waals surface area contributed by atoms with Gasteiger partial charge in [0.2, 0.25) is 5.91 Å². The topological polar surface area (TPSA) is 42.0 Å². The molecule has 138 valence electrons.